The van der Waals surface area contributed by atoms with Gasteiger partial charge < -0.3 is 14.5 Å². The number of rotatable bonds is 5. The van der Waals surface area contributed by atoms with E-state index in [1.807, 2.05) is 6.92 Å². The van der Waals surface area contributed by atoms with Crippen molar-refractivity contribution in [2.75, 3.05) is 6.54 Å². The van der Waals surface area contributed by atoms with E-state index in [1.54, 1.807) is 0 Å². The Morgan fingerprint density at radius 1 is 1.36 bits per heavy atom. The van der Waals surface area contributed by atoms with Crippen LogP contribution in [0.25, 0.3) is 0 Å². The van der Waals surface area contributed by atoms with E-state index in [-0.39, 0.29) is 29.8 Å². The van der Waals surface area contributed by atoms with Crippen molar-refractivity contribution in [3.8, 4) is 0 Å². The van der Waals surface area contributed by atoms with Gasteiger partial charge in [-0.2, -0.15) is 0 Å². The molecule has 2 aliphatic rings. The molecular weight excluding hydrogens is 294 g/mol. The Bertz CT molecular complexity index is 543. The number of oxazole rings is 1. The van der Waals surface area contributed by atoms with Gasteiger partial charge in [0, 0.05) is 12.5 Å². The van der Waals surface area contributed by atoms with Gasteiger partial charge in [-0.15, -0.1) is 0 Å². The van der Waals surface area contributed by atoms with Crippen LogP contribution in [-0.4, -0.2) is 29.6 Å². The predicted molar refractivity (Wildman–Crippen MR) is 74.0 cm³/mol. The molecule has 1 aromatic heterocycles. The first-order valence-corrected chi connectivity index (χ1v) is 7.77. The second kappa shape index (κ2) is 6.32. The van der Waals surface area contributed by atoms with Crippen molar-refractivity contribution in [1.82, 2.24) is 10.3 Å². The van der Waals surface area contributed by atoms with Crippen molar-refractivity contribution in [2.45, 2.75) is 63.6 Å². The normalized spacial score (nSPS) is 25.5. The van der Waals surface area contributed by atoms with Gasteiger partial charge in [-0.05, 0) is 39.0 Å². The summed E-state index contributed by atoms with van der Waals surface area (Å²) in [6.45, 7) is 2.28. The highest BCUT2D eigenvalue weighted by molar-refractivity contribution is 5.92. The van der Waals surface area contributed by atoms with Crippen LogP contribution in [0, 0.1) is 0 Å². The number of ether oxygens (including phenoxy) is 1. The molecule has 1 saturated heterocycles. The van der Waals surface area contributed by atoms with Gasteiger partial charge in [-0.25, -0.2) is 13.8 Å². The number of halogens is 2. The smallest absolute Gasteiger partial charge is 0.289 e. The zero-order valence-corrected chi connectivity index (χ0v) is 12.5. The summed E-state index contributed by atoms with van der Waals surface area (Å²) in [6.07, 6.45) is 1.92. The molecule has 1 aliphatic carbocycles. The van der Waals surface area contributed by atoms with E-state index in [4.69, 9.17) is 9.15 Å². The summed E-state index contributed by atoms with van der Waals surface area (Å²) < 4.78 is 37.0. The number of aromatic nitrogens is 1. The van der Waals surface area contributed by atoms with E-state index in [0.29, 0.717) is 6.54 Å². The lowest BCUT2D eigenvalue weighted by molar-refractivity contribution is -0.0374. The first kappa shape index (κ1) is 15.4. The molecule has 0 aromatic carbocycles. The Labute approximate surface area is 127 Å². The molecule has 7 heteroatoms. The standard InChI is InChI=1S/C15H20F2N2O3/c1-8-3-2-4-10(21-8)7-18-14(20)12-11(13(16)17)19-15(22-12)9-5-6-9/h8-10,13H,2-7H2,1H3,(H,18,20). The summed E-state index contributed by atoms with van der Waals surface area (Å²) in [4.78, 5) is 15.9. The molecule has 0 spiro atoms. The number of alkyl halides is 2. The van der Waals surface area contributed by atoms with Crippen molar-refractivity contribution in [1.29, 1.82) is 0 Å². The molecule has 2 heterocycles. The number of hydrogen-bond acceptors (Lipinski definition) is 4. The van der Waals surface area contributed by atoms with Crippen LogP contribution in [-0.2, 0) is 4.74 Å². The average Bonchev–Trinajstić information content (AvgIpc) is 3.23. The molecule has 1 saturated carbocycles. The Morgan fingerprint density at radius 2 is 2.14 bits per heavy atom. The van der Waals surface area contributed by atoms with Gasteiger partial charge in [0.05, 0.1) is 12.2 Å². The van der Waals surface area contributed by atoms with Gasteiger partial charge in [-0.1, -0.05) is 0 Å². The van der Waals surface area contributed by atoms with Gasteiger partial charge in [0.25, 0.3) is 12.3 Å². The van der Waals surface area contributed by atoms with Crippen LogP contribution in [0.1, 0.15) is 73.5 Å². The van der Waals surface area contributed by atoms with E-state index in [1.165, 1.54) is 0 Å². The van der Waals surface area contributed by atoms with Crippen LogP contribution in [0.2, 0.25) is 0 Å². The lowest BCUT2D eigenvalue weighted by Crippen LogP contribution is -2.37. The van der Waals surface area contributed by atoms with Crippen LogP contribution in [0.3, 0.4) is 0 Å². The number of carbonyl (C=O) groups is 1. The lowest BCUT2D eigenvalue weighted by atomic mass is 10.1. The van der Waals surface area contributed by atoms with Crippen LogP contribution in [0.15, 0.2) is 4.42 Å². The summed E-state index contributed by atoms with van der Waals surface area (Å²) in [5.74, 6) is -0.665. The predicted octanol–water partition coefficient (Wildman–Crippen LogP) is 3.18. The largest absolute Gasteiger partial charge is 0.435 e. The van der Waals surface area contributed by atoms with Crippen molar-refractivity contribution < 1.29 is 22.7 Å². The summed E-state index contributed by atoms with van der Waals surface area (Å²) in [5.41, 5.74) is -0.558. The molecule has 3 rings (SSSR count). The Morgan fingerprint density at radius 3 is 2.77 bits per heavy atom. The van der Waals surface area contributed by atoms with Crippen LogP contribution >= 0.6 is 0 Å². The van der Waals surface area contributed by atoms with Crippen molar-refractivity contribution in [2.24, 2.45) is 0 Å². The van der Waals surface area contributed by atoms with E-state index in [0.717, 1.165) is 32.1 Å². The Balaban J connectivity index is 1.63. The molecule has 1 aliphatic heterocycles. The highest BCUT2D eigenvalue weighted by Crippen LogP contribution is 2.41. The van der Waals surface area contributed by atoms with Gasteiger partial charge in [0.1, 0.15) is 0 Å². The van der Waals surface area contributed by atoms with Crippen LogP contribution in [0.5, 0.6) is 0 Å². The first-order chi connectivity index (χ1) is 10.5. The van der Waals surface area contributed by atoms with Gasteiger partial charge in [0.15, 0.2) is 11.6 Å². The maximum Gasteiger partial charge on any atom is 0.289 e. The SMILES string of the molecule is CC1CCCC(CNC(=O)c2oc(C3CC3)nc2C(F)F)O1. The molecule has 1 N–H and O–H groups in total. The topological polar surface area (TPSA) is 64.4 Å². The molecule has 1 amide bonds. The first-order valence-electron chi connectivity index (χ1n) is 7.77. The quantitative estimate of drug-likeness (QED) is 0.906. The van der Waals surface area contributed by atoms with Crippen molar-refractivity contribution >= 4 is 5.91 Å². The number of nitrogens with one attached hydrogen (secondary N) is 1. The third kappa shape index (κ3) is 3.45. The second-order valence-electron chi connectivity index (χ2n) is 6.05. The summed E-state index contributed by atoms with van der Waals surface area (Å²) in [7, 11) is 0. The maximum atomic E-state index is 13.0. The third-order valence-electron chi connectivity index (χ3n) is 4.06. The zero-order valence-electron chi connectivity index (χ0n) is 12.5. The lowest BCUT2D eigenvalue weighted by Gasteiger charge is -2.27. The van der Waals surface area contributed by atoms with Crippen LogP contribution in [0.4, 0.5) is 8.78 Å². The summed E-state index contributed by atoms with van der Waals surface area (Å²) >= 11 is 0. The summed E-state index contributed by atoms with van der Waals surface area (Å²) in [6, 6.07) is 0. The molecule has 5 nitrogen and oxygen atoms in total. The third-order valence-corrected chi connectivity index (χ3v) is 4.06. The van der Waals surface area contributed by atoms with Gasteiger partial charge in [0.2, 0.25) is 5.76 Å². The van der Waals surface area contributed by atoms with E-state index >= 15 is 0 Å². The summed E-state index contributed by atoms with van der Waals surface area (Å²) in [5, 5.41) is 2.63. The fraction of sp³-hybridized carbons (Fsp3) is 0.733. The molecule has 0 radical (unpaired) electrons. The van der Waals surface area contributed by atoms with E-state index < -0.39 is 18.0 Å². The molecule has 2 fully saturated rings. The molecule has 2 unspecified atom stereocenters. The number of amides is 1. The molecule has 2 atom stereocenters. The zero-order chi connectivity index (χ0) is 15.7. The minimum absolute atomic E-state index is 0.0754. The van der Waals surface area contributed by atoms with Gasteiger partial charge in [-0.3, -0.25) is 4.79 Å². The maximum absolute atomic E-state index is 13.0. The van der Waals surface area contributed by atoms with E-state index in [9.17, 15) is 13.6 Å². The average molecular weight is 314 g/mol. The number of nitrogens with zero attached hydrogens (tertiary/aromatic N) is 1. The highest BCUT2D eigenvalue weighted by Gasteiger charge is 2.34. The Kier molecular flexibility index (Phi) is 4.42. The molecule has 22 heavy (non-hydrogen) atoms. The fourth-order valence-electron chi connectivity index (χ4n) is 2.70. The van der Waals surface area contributed by atoms with Gasteiger partial charge >= 0.3 is 0 Å². The minimum atomic E-state index is -2.82. The molecule has 122 valence electrons. The molecule has 1 aromatic rings. The van der Waals surface area contributed by atoms with Crippen molar-refractivity contribution in [3.63, 3.8) is 0 Å². The number of hydrogen-bond donors (Lipinski definition) is 1. The monoisotopic (exact) mass is 314 g/mol. The van der Waals surface area contributed by atoms with E-state index in [2.05, 4.69) is 10.3 Å². The van der Waals surface area contributed by atoms with Crippen LogP contribution < -0.4 is 5.32 Å². The highest BCUT2D eigenvalue weighted by atomic mass is 19.3. The van der Waals surface area contributed by atoms with Crippen molar-refractivity contribution in [3.05, 3.63) is 17.3 Å². The second-order valence-corrected chi connectivity index (χ2v) is 6.05. The number of carbonyl (C=O) groups excluding carboxylic acids is 1. The molecular formula is C15H20F2N2O3. The minimum Gasteiger partial charge on any atom is -0.435 e. The fourth-order valence-corrected chi connectivity index (χ4v) is 2.70. The Hall–Kier alpha value is -1.50. The molecule has 0 bridgehead atoms.